The molecule has 0 N–H and O–H groups in total. The minimum Gasteiger partial charge on any atom is -0.281 e. The maximum Gasteiger partial charge on any atom is 0.146 e. The van der Waals surface area contributed by atoms with Crippen LogP contribution in [0.3, 0.4) is 0 Å². The Kier molecular flexibility index (Phi) is 2.93. The minimum atomic E-state index is -0.953. The summed E-state index contributed by atoms with van der Waals surface area (Å²) in [4.78, 5) is 4.46. The van der Waals surface area contributed by atoms with E-state index in [2.05, 4.69) is 4.99 Å². The van der Waals surface area contributed by atoms with Gasteiger partial charge in [0.1, 0.15) is 6.17 Å². The summed E-state index contributed by atoms with van der Waals surface area (Å²) in [7, 11) is 0. The Hall–Kier alpha value is -1.96. The van der Waals surface area contributed by atoms with E-state index in [9.17, 15) is 4.39 Å². The van der Waals surface area contributed by atoms with Gasteiger partial charge < -0.3 is 0 Å². The van der Waals surface area contributed by atoms with Crippen molar-refractivity contribution in [3.63, 3.8) is 0 Å². The standard InChI is InChI=1S/C16H14FN/c17-15-10-13-8-4-5-9-14(13)16(15)18-11-12-6-2-1-3-7-12/h1-9,15H,10-11H2. The highest BCUT2D eigenvalue weighted by atomic mass is 19.1. The molecule has 0 bridgehead atoms. The third-order valence-corrected chi connectivity index (χ3v) is 3.26. The Morgan fingerprint density at radius 1 is 1.00 bits per heavy atom. The highest BCUT2D eigenvalue weighted by molar-refractivity contribution is 6.07. The molecule has 1 aliphatic carbocycles. The van der Waals surface area contributed by atoms with Crippen molar-refractivity contribution >= 4 is 5.71 Å². The molecule has 0 heterocycles. The number of hydrogen-bond acceptors (Lipinski definition) is 1. The molecule has 0 amide bonds. The fraction of sp³-hybridized carbons (Fsp3) is 0.188. The molecule has 0 saturated carbocycles. The van der Waals surface area contributed by atoms with E-state index in [-0.39, 0.29) is 0 Å². The first kappa shape index (κ1) is 11.1. The molecule has 2 aromatic carbocycles. The SMILES string of the molecule is FC1Cc2ccccc2C1=NCc1ccccc1. The summed E-state index contributed by atoms with van der Waals surface area (Å²) in [5, 5.41) is 0. The molecule has 0 saturated heterocycles. The second kappa shape index (κ2) is 4.73. The average molecular weight is 239 g/mol. The number of alkyl halides is 1. The fourth-order valence-electron chi connectivity index (χ4n) is 2.35. The van der Waals surface area contributed by atoms with Gasteiger partial charge in [0.2, 0.25) is 0 Å². The molecular weight excluding hydrogens is 225 g/mol. The van der Waals surface area contributed by atoms with Crippen LogP contribution in [-0.2, 0) is 13.0 Å². The van der Waals surface area contributed by atoms with E-state index in [4.69, 9.17) is 0 Å². The van der Waals surface area contributed by atoms with E-state index in [0.717, 1.165) is 16.7 Å². The molecule has 1 atom stereocenters. The van der Waals surface area contributed by atoms with Crippen LogP contribution in [0.25, 0.3) is 0 Å². The van der Waals surface area contributed by atoms with Gasteiger partial charge in [-0.2, -0.15) is 0 Å². The van der Waals surface area contributed by atoms with Crippen molar-refractivity contribution in [1.29, 1.82) is 0 Å². The molecule has 2 aromatic rings. The molecule has 2 heteroatoms. The summed E-state index contributed by atoms with van der Waals surface area (Å²) in [6.45, 7) is 0.547. The van der Waals surface area contributed by atoms with Crippen LogP contribution < -0.4 is 0 Å². The molecule has 0 aliphatic heterocycles. The lowest BCUT2D eigenvalue weighted by atomic mass is 10.1. The lowest BCUT2D eigenvalue weighted by molar-refractivity contribution is 0.431. The van der Waals surface area contributed by atoms with Crippen molar-refractivity contribution in [2.24, 2.45) is 4.99 Å². The van der Waals surface area contributed by atoms with Gasteiger partial charge in [-0.15, -0.1) is 0 Å². The lowest BCUT2D eigenvalue weighted by Gasteiger charge is -2.03. The summed E-state index contributed by atoms with van der Waals surface area (Å²) in [6, 6.07) is 17.8. The predicted molar refractivity (Wildman–Crippen MR) is 71.7 cm³/mol. The average Bonchev–Trinajstić information content (AvgIpc) is 2.73. The van der Waals surface area contributed by atoms with Gasteiger partial charge >= 0.3 is 0 Å². The van der Waals surface area contributed by atoms with Gasteiger partial charge in [-0.1, -0.05) is 54.6 Å². The Labute approximate surface area is 106 Å². The zero-order valence-electron chi connectivity index (χ0n) is 10.0. The largest absolute Gasteiger partial charge is 0.281 e. The summed E-state index contributed by atoms with van der Waals surface area (Å²) < 4.78 is 14.0. The third-order valence-electron chi connectivity index (χ3n) is 3.26. The Balaban J connectivity index is 1.88. The van der Waals surface area contributed by atoms with E-state index in [1.807, 2.05) is 54.6 Å². The number of nitrogens with zero attached hydrogens (tertiary/aromatic N) is 1. The topological polar surface area (TPSA) is 12.4 Å². The molecule has 1 nitrogen and oxygen atoms in total. The molecule has 1 unspecified atom stereocenters. The summed E-state index contributed by atoms with van der Waals surface area (Å²) in [5.41, 5.74) is 3.76. The molecule has 90 valence electrons. The van der Waals surface area contributed by atoms with Gasteiger partial charge in [-0.25, -0.2) is 4.39 Å². The van der Waals surface area contributed by atoms with Gasteiger partial charge in [-0.05, 0) is 11.1 Å². The van der Waals surface area contributed by atoms with Crippen molar-refractivity contribution < 1.29 is 4.39 Å². The quantitative estimate of drug-likeness (QED) is 0.759. The second-order valence-electron chi connectivity index (χ2n) is 4.52. The summed E-state index contributed by atoms with van der Waals surface area (Å²) in [6.07, 6.45) is -0.491. The van der Waals surface area contributed by atoms with Crippen molar-refractivity contribution in [1.82, 2.24) is 0 Å². The predicted octanol–water partition coefficient (Wildman–Crippen LogP) is 3.57. The monoisotopic (exact) mass is 239 g/mol. The van der Waals surface area contributed by atoms with Crippen molar-refractivity contribution in [3.8, 4) is 0 Å². The molecule has 0 fully saturated rings. The highest BCUT2D eigenvalue weighted by Crippen LogP contribution is 2.25. The summed E-state index contributed by atoms with van der Waals surface area (Å²) in [5.74, 6) is 0. The van der Waals surface area contributed by atoms with Crippen LogP contribution in [0.2, 0.25) is 0 Å². The normalized spacial score (nSPS) is 20.1. The third kappa shape index (κ3) is 2.06. The minimum absolute atomic E-state index is 0.462. The number of fused-ring (bicyclic) bond motifs is 1. The first-order chi connectivity index (χ1) is 8.84. The zero-order chi connectivity index (χ0) is 12.4. The molecular formula is C16H14FN. The van der Waals surface area contributed by atoms with Crippen LogP contribution in [0.4, 0.5) is 4.39 Å². The zero-order valence-corrected chi connectivity index (χ0v) is 10.0. The lowest BCUT2D eigenvalue weighted by Crippen LogP contribution is -2.11. The van der Waals surface area contributed by atoms with Crippen LogP contribution >= 0.6 is 0 Å². The molecule has 18 heavy (non-hydrogen) atoms. The van der Waals surface area contributed by atoms with Crippen molar-refractivity contribution in [3.05, 3.63) is 71.3 Å². The number of rotatable bonds is 2. The molecule has 1 aliphatic rings. The van der Waals surface area contributed by atoms with Gasteiger partial charge in [-0.3, -0.25) is 4.99 Å². The van der Waals surface area contributed by atoms with Crippen LogP contribution in [0.1, 0.15) is 16.7 Å². The first-order valence-electron chi connectivity index (χ1n) is 6.15. The molecule has 0 radical (unpaired) electrons. The number of halogens is 1. The Bertz CT molecular complexity index is 575. The smallest absolute Gasteiger partial charge is 0.146 e. The van der Waals surface area contributed by atoms with Crippen LogP contribution in [0.5, 0.6) is 0 Å². The van der Waals surface area contributed by atoms with Crippen LogP contribution in [-0.4, -0.2) is 11.9 Å². The second-order valence-corrected chi connectivity index (χ2v) is 4.52. The van der Waals surface area contributed by atoms with E-state index in [0.29, 0.717) is 18.7 Å². The van der Waals surface area contributed by atoms with Gasteiger partial charge in [0.25, 0.3) is 0 Å². The maximum absolute atomic E-state index is 14.0. The Morgan fingerprint density at radius 2 is 1.72 bits per heavy atom. The van der Waals surface area contributed by atoms with Crippen molar-refractivity contribution in [2.75, 3.05) is 0 Å². The molecule has 0 spiro atoms. The first-order valence-corrected chi connectivity index (χ1v) is 6.15. The molecule has 3 rings (SSSR count). The van der Waals surface area contributed by atoms with Crippen molar-refractivity contribution in [2.45, 2.75) is 19.1 Å². The number of benzene rings is 2. The van der Waals surface area contributed by atoms with Crippen LogP contribution in [0.15, 0.2) is 59.6 Å². The van der Waals surface area contributed by atoms with E-state index >= 15 is 0 Å². The maximum atomic E-state index is 14.0. The van der Waals surface area contributed by atoms with E-state index < -0.39 is 6.17 Å². The van der Waals surface area contributed by atoms with Crippen LogP contribution in [0, 0.1) is 0 Å². The Morgan fingerprint density at radius 3 is 2.56 bits per heavy atom. The summed E-state index contributed by atoms with van der Waals surface area (Å²) >= 11 is 0. The van der Waals surface area contributed by atoms with Gasteiger partial charge in [0.15, 0.2) is 0 Å². The van der Waals surface area contributed by atoms with Gasteiger partial charge in [0, 0.05) is 12.0 Å². The number of hydrogen-bond donors (Lipinski definition) is 0. The van der Waals surface area contributed by atoms with E-state index in [1.54, 1.807) is 0 Å². The molecule has 0 aromatic heterocycles. The fourth-order valence-corrected chi connectivity index (χ4v) is 2.35. The number of aliphatic imine (C=N–C) groups is 1. The highest BCUT2D eigenvalue weighted by Gasteiger charge is 2.27. The van der Waals surface area contributed by atoms with Gasteiger partial charge in [0.05, 0.1) is 12.3 Å². The van der Waals surface area contributed by atoms with E-state index in [1.165, 1.54) is 0 Å².